The van der Waals surface area contributed by atoms with Crippen molar-refractivity contribution in [3.63, 3.8) is 0 Å². The standard InChI is InChI=1S/C33H33N3O4/c1-2-40-31-16-12-25(20-28(31)23-6-4-3-5-7-23)35-24-10-8-22(9-11-24)18-19-34-21-30(38)26-13-15-29(37)33-27(26)14-17-32(39)36-33/h3-17,20,30,34-35,37-38H,2,18-19,21H2,1H3,(H,36,39). The fourth-order valence-electron chi connectivity index (χ4n) is 4.78. The lowest BCUT2D eigenvalue weighted by Gasteiger charge is -2.15. The maximum atomic E-state index is 11.6. The number of aliphatic hydroxyl groups excluding tert-OH is 1. The number of aliphatic hydroxyl groups is 1. The quantitative estimate of drug-likeness (QED) is 0.135. The Balaban J connectivity index is 1.17. The molecule has 1 unspecified atom stereocenters. The van der Waals surface area contributed by atoms with Crippen LogP contribution in [0, 0.1) is 0 Å². The molecule has 0 radical (unpaired) electrons. The van der Waals surface area contributed by atoms with Crippen LogP contribution in [-0.2, 0) is 6.42 Å². The highest BCUT2D eigenvalue weighted by Gasteiger charge is 2.14. The van der Waals surface area contributed by atoms with Gasteiger partial charge in [-0.25, -0.2) is 0 Å². The number of fused-ring (bicyclic) bond motifs is 1. The first-order valence-corrected chi connectivity index (χ1v) is 13.4. The maximum Gasteiger partial charge on any atom is 0.248 e. The first-order valence-electron chi connectivity index (χ1n) is 13.4. The van der Waals surface area contributed by atoms with Gasteiger partial charge in [0.1, 0.15) is 11.5 Å². The minimum Gasteiger partial charge on any atom is -0.506 e. The van der Waals surface area contributed by atoms with Gasteiger partial charge in [0.2, 0.25) is 5.56 Å². The molecular weight excluding hydrogens is 502 g/mol. The smallest absolute Gasteiger partial charge is 0.248 e. The molecule has 7 heteroatoms. The Morgan fingerprint density at radius 2 is 1.68 bits per heavy atom. The molecule has 0 aliphatic carbocycles. The molecule has 5 rings (SSSR count). The van der Waals surface area contributed by atoms with Crippen molar-refractivity contribution in [1.29, 1.82) is 0 Å². The van der Waals surface area contributed by atoms with Crippen molar-refractivity contribution >= 4 is 22.3 Å². The maximum absolute atomic E-state index is 11.6. The number of H-pyrrole nitrogens is 1. The number of aromatic nitrogens is 1. The van der Waals surface area contributed by atoms with Gasteiger partial charge in [-0.2, -0.15) is 0 Å². The number of pyridine rings is 1. The van der Waals surface area contributed by atoms with Gasteiger partial charge in [0.05, 0.1) is 18.2 Å². The molecule has 1 aromatic heterocycles. The van der Waals surface area contributed by atoms with Crippen LogP contribution in [0.1, 0.15) is 24.2 Å². The molecule has 0 aliphatic heterocycles. The Morgan fingerprint density at radius 3 is 2.45 bits per heavy atom. The molecule has 1 atom stereocenters. The molecule has 1 heterocycles. The van der Waals surface area contributed by atoms with Crippen LogP contribution in [0.2, 0.25) is 0 Å². The predicted molar refractivity (Wildman–Crippen MR) is 161 cm³/mol. The Morgan fingerprint density at radius 1 is 0.900 bits per heavy atom. The summed E-state index contributed by atoms with van der Waals surface area (Å²) in [7, 11) is 0. The van der Waals surface area contributed by atoms with Gasteiger partial charge in [0.15, 0.2) is 0 Å². The third-order valence-corrected chi connectivity index (χ3v) is 6.80. The van der Waals surface area contributed by atoms with Gasteiger partial charge in [0, 0.05) is 34.9 Å². The normalized spacial score (nSPS) is 11.8. The average Bonchev–Trinajstić information content (AvgIpc) is 2.98. The summed E-state index contributed by atoms with van der Waals surface area (Å²) < 4.78 is 5.85. The summed E-state index contributed by atoms with van der Waals surface area (Å²) in [6, 6.07) is 30.9. The van der Waals surface area contributed by atoms with Crippen molar-refractivity contribution in [2.45, 2.75) is 19.4 Å². The van der Waals surface area contributed by atoms with Crippen LogP contribution >= 0.6 is 0 Å². The number of anilines is 2. The van der Waals surface area contributed by atoms with E-state index in [2.05, 4.69) is 58.1 Å². The van der Waals surface area contributed by atoms with Crippen LogP contribution in [-0.4, -0.2) is 34.9 Å². The second-order valence-corrected chi connectivity index (χ2v) is 9.59. The summed E-state index contributed by atoms with van der Waals surface area (Å²) >= 11 is 0. The average molecular weight is 536 g/mol. The van der Waals surface area contributed by atoms with E-state index in [1.807, 2.05) is 37.3 Å². The molecule has 4 aromatic carbocycles. The van der Waals surface area contributed by atoms with E-state index in [-0.39, 0.29) is 11.3 Å². The summed E-state index contributed by atoms with van der Waals surface area (Å²) in [4.78, 5) is 14.3. The number of ether oxygens (including phenoxy) is 1. The van der Waals surface area contributed by atoms with Crippen molar-refractivity contribution in [3.05, 3.63) is 119 Å². The fraction of sp³-hybridized carbons (Fsp3) is 0.182. The number of hydrogen-bond acceptors (Lipinski definition) is 6. The summed E-state index contributed by atoms with van der Waals surface area (Å²) in [5.41, 5.74) is 5.99. The lowest BCUT2D eigenvalue weighted by Crippen LogP contribution is -2.24. The van der Waals surface area contributed by atoms with Crippen molar-refractivity contribution < 1.29 is 14.9 Å². The van der Waals surface area contributed by atoms with Crippen LogP contribution in [0.4, 0.5) is 11.4 Å². The second-order valence-electron chi connectivity index (χ2n) is 9.59. The van der Waals surface area contributed by atoms with Gasteiger partial charge < -0.3 is 30.6 Å². The van der Waals surface area contributed by atoms with Gasteiger partial charge in [-0.3, -0.25) is 4.79 Å². The number of aromatic hydroxyl groups is 1. The first-order chi connectivity index (χ1) is 19.5. The van der Waals surface area contributed by atoms with Crippen LogP contribution < -0.4 is 20.9 Å². The molecule has 0 spiro atoms. The Kier molecular flexibility index (Phi) is 8.44. The molecule has 0 aliphatic rings. The third-order valence-electron chi connectivity index (χ3n) is 6.80. The van der Waals surface area contributed by atoms with Crippen LogP contribution in [0.5, 0.6) is 11.5 Å². The zero-order valence-electron chi connectivity index (χ0n) is 22.4. The summed E-state index contributed by atoms with van der Waals surface area (Å²) in [5, 5.41) is 28.2. The van der Waals surface area contributed by atoms with E-state index in [9.17, 15) is 15.0 Å². The monoisotopic (exact) mass is 535 g/mol. The molecule has 0 bridgehead atoms. The van der Waals surface area contributed by atoms with Crippen molar-refractivity contribution in [3.8, 4) is 22.6 Å². The van der Waals surface area contributed by atoms with Gasteiger partial charge in [-0.1, -0.05) is 48.5 Å². The number of hydrogen-bond donors (Lipinski definition) is 5. The minimum atomic E-state index is -0.782. The SMILES string of the molecule is CCOc1ccc(Nc2ccc(CCNCC(O)c3ccc(O)c4[nH]c(=O)ccc34)cc2)cc1-c1ccccc1. The molecular formula is C33H33N3O4. The van der Waals surface area contributed by atoms with E-state index in [4.69, 9.17) is 4.74 Å². The Labute approximate surface area is 233 Å². The third kappa shape index (κ3) is 6.34. The molecule has 40 heavy (non-hydrogen) atoms. The highest BCUT2D eigenvalue weighted by Crippen LogP contribution is 2.34. The van der Waals surface area contributed by atoms with Crippen molar-refractivity contribution in [2.75, 3.05) is 25.0 Å². The molecule has 204 valence electrons. The molecule has 0 fully saturated rings. The minimum absolute atomic E-state index is 0.0197. The fourth-order valence-corrected chi connectivity index (χ4v) is 4.78. The van der Waals surface area contributed by atoms with Crippen molar-refractivity contribution in [2.24, 2.45) is 0 Å². The van der Waals surface area contributed by atoms with E-state index in [0.717, 1.165) is 34.7 Å². The number of rotatable bonds is 11. The number of phenols is 1. The summed E-state index contributed by atoms with van der Waals surface area (Å²) in [6.07, 6.45) is 0.0215. The van der Waals surface area contributed by atoms with Gasteiger partial charge in [-0.15, -0.1) is 0 Å². The zero-order valence-corrected chi connectivity index (χ0v) is 22.4. The lowest BCUT2D eigenvalue weighted by atomic mass is 10.0. The topological polar surface area (TPSA) is 107 Å². The van der Waals surface area contributed by atoms with E-state index in [0.29, 0.717) is 36.2 Å². The molecule has 0 saturated carbocycles. The van der Waals surface area contributed by atoms with E-state index in [1.165, 1.54) is 17.7 Å². The van der Waals surface area contributed by atoms with E-state index in [1.54, 1.807) is 12.1 Å². The largest absolute Gasteiger partial charge is 0.506 e. The van der Waals surface area contributed by atoms with Gasteiger partial charge in [-0.05, 0) is 79.0 Å². The molecule has 5 aromatic rings. The van der Waals surface area contributed by atoms with Gasteiger partial charge >= 0.3 is 0 Å². The number of benzene rings is 4. The Bertz CT molecular complexity index is 1630. The summed E-state index contributed by atoms with van der Waals surface area (Å²) in [6.45, 7) is 3.63. The molecule has 0 saturated heterocycles. The van der Waals surface area contributed by atoms with Gasteiger partial charge in [0.25, 0.3) is 0 Å². The predicted octanol–water partition coefficient (Wildman–Crippen LogP) is 5.91. The zero-order chi connectivity index (χ0) is 27.9. The molecule has 7 nitrogen and oxygen atoms in total. The van der Waals surface area contributed by atoms with Crippen molar-refractivity contribution in [1.82, 2.24) is 10.3 Å². The van der Waals surface area contributed by atoms with Crippen LogP contribution in [0.3, 0.4) is 0 Å². The molecule has 0 amide bonds. The van der Waals surface area contributed by atoms with Crippen LogP contribution in [0.25, 0.3) is 22.0 Å². The number of nitrogens with one attached hydrogen (secondary N) is 3. The first kappa shape index (κ1) is 27.0. The lowest BCUT2D eigenvalue weighted by molar-refractivity contribution is 0.176. The summed E-state index contributed by atoms with van der Waals surface area (Å²) in [5.74, 6) is 0.842. The highest BCUT2D eigenvalue weighted by molar-refractivity contribution is 5.87. The number of phenolic OH excluding ortho intramolecular Hbond substituents is 1. The van der Waals surface area contributed by atoms with E-state index < -0.39 is 6.10 Å². The number of aromatic amines is 1. The van der Waals surface area contributed by atoms with Crippen LogP contribution in [0.15, 0.2) is 102 Å². The van der Waals surface area contributed by atoms with E-state index >= 15 is 0 Å². The Hall–Kier alpha value is -4.59. The highest BCUT2D eigenvalue weighted by atomic mass is 16.5. The molecule has 5 N–H and O–H groups in total. The second kappa shape index (κ2) is 12.5.